The zero-order valence-corrected chi connectivity index (χ0v) is 7.89. The van der Waals surface area contributed by atoms with Crippen LogP contribution in [0.4, 0.5) is 11.4 Å². The van der Waals surface area contributed by atoms with Crippen molar-refractivity contribution in [2.24, 2.45) is 0 Å². The molecule has 66 valence electrons. The van der Waals surface area contributed by atoms with Gasteiger partial charge in [-0.2, -0.15) is 0 Å². The van der Waals surface area contributed by atoms with Gasteiger partial charge in [-0.3, -0.25) is 5.43 Å². The molecule has 1 heterocycles. The molecule has 2 rings (SSSR count). The minimum atomic E-state index is 0. The normalized spacial score (nSPS) is 21.0. The van der Waals surface area contributed by atoms with Gasteiger partial charge < -0.3 is 12.4 Å². The molecule has 1 aliphatic rings. The Morgan fingerprint density at radius 2 is 2.00 bits per heavy atom. The minimum Gasteiger partial charge on any atom is -1.00 e. The second kappa shape index (κ2) is 3.31. The van der Waals surface area contributed by atoms with E-state index in [4.69, 9.17) is 0 Å². The molecule has 1 aromatic carbocycles. The summed E-state index contributed by atoms with van der Waals surface area (Å²) < 4.78 is 0. The molecule has 4 heteroatoms. The number of hydrogen-bond donors (Lipinski definition) is 2. The van der Waals surface area contributed by atoms with E-state index in [2.05, 4.69) is 30.7 Å². The Balaban J connectivity index is 0.000000720. The van der Waals surface area contributed by atoms with E-state index in [9.17, 15) is 0 Å². The first kappa shape index (κ1) is 9.32. The van der Waals surface area contributed by atoms with Crippen molar-refractivity contribution in [3.05, 3.63) is 24.3 Å². The Morgan fingerprint density at radius 3 is 2.67 bits per heavy atom. The van der Waals surface area contributed by atoms with Crippen LogP contribution in [0.1, 0.15) is 0 Å². The number of rotatable bonds is 0. The number of benzene rings is 1. The van der Waals surface area contributed by atoms with E-state index >= 15 is 0 Å². The highest BCUT2D eigenvalue weighted by Crippen LogP contribution is 2.20. The molecule has 1 aliphatic heterocycles. The van der Waals surface area contributed by atoms with E-state index in [-0.39, 0.29) is 12.4 Å². The molecule has 1 aromatic rings. The monoisotopic (exact) mass is 185 g/mol. The number of nitrogens with zero attached hydrogens (tertiary/aromatic N) is 1. The van der Waals surface area contributed by atoms with Gasteiger partial charge >= 0.3 is 0 Å². The molecule has 1 atom stereocenters. The summed E-state index contributed by atoms with van der Waals surface area (Å²) in [7, 11) is 4.13. The Hall–Kier alpha value is -0.770. The van der Waals surface area contributed by atoms with Crippen LogP contribution in [-0.4, -0.2) is 19.2 Å². The van der Waals surface area contributed by atoms with E-state index in [1.807, 2.05) is 18.2 Å². The predicted octanol–water partition coefficient (Wildman–Crippen LogP) is -2.98. The summed E-state index contributed by atoms with van der Waals surface area (Å²) in [5, 5.41) is 3.31. The summed E-state index contributed by atoms with van der Waals surface area (Å²) in [5.41, 5.74) is 5.75. The summed E-state index contributed by atoms with van der Waals surface area (Å²) in [6, 6.07) is 8.31. The summed E-state index contributed by atoms with van der Waals surface area (Å²) in [4.78, 5) is 0. The molecule has 0 amide bonds. The Bertz CT molecular complexity index is 277. The Kier molecular flexibility index (Phi) is 2.57. The van der Waals surface area contributed by atoms with Crippen molar-refractivity contribution < 1.29 is 17.4 Å². The van der Waals surface area contributed by atoms with Gasteiger partial charge in [-0.15, -0.1) is 0 Å². The smallest absolute Gasteiger partial charge is 0.176 e. The Labute approximate surface area is 78.3 Å². The van der Waals surface area contributed by atoms with Crippen LogP contribution < -0.4 is 22.8 Å². The highest BCUT2D eigenvalue weighted by atomic mass is 35.5. The number of hydrazine groups is 1. The molecule has 0 saturated heterocycles. The fourth-order valence-electron chi connectivity index (χ4n) is 1.34. The lowest BCUT2D eigenvalue weighted by Crippen LogP contribution is -3.09. The molecule has 0 aliphatic carbocycles. The molecule has 0 spiro atoms. The number of halogens is 1. The average Bonchev–Trinajstić information content (AvgIpc) is 2.30. The summed E-state index contributed by atoms with van der Waals surface area (Å²) in [5.74, 6) is 0. The first-order valence-corrected chi connectivity index (χ1v) is 3.72. The number of para-hydroxylation sites is 2. The second-order valence-electron chi connectivity index (χ2n) is 2.80. The van der Waals surface area contributed by atoms with Crippen molar-refractivity contribution in [1.29, 1.82) is 0 Å². The first-order valence-electron chi connectivity index (χ1n) is 3.72. The van der Waals surface area contributed by atoms with Crippen molar-refractivity contribution in [3.8, 4) is 0 Å². The standard InChI is InChI=1S/C8H11N3.ClH/c1-10-8-6-4-3-5-7(8)9-11(10)2;/h3-6,9H,1-2H3;1H. The minimum absolute atomic E-state index is 0. The SMILES string of the molecule is CN1Nc2ccccc2[NH+]1C.[Cl-]. The predicted molar refractivity (Wildman–Crippen MR) is 44.4 cm³/mol. The van der Waals surface area contributed by atoms with Crippen LogP contribution in [0.25, 0.3) is 0 Å². The summed E-state index contributed by atoms with van der Waals surface area (Å²) in [6.45, 7) is 0. The number of fused-ring (bicyclic) bond motifs is 1. The van der Waals surface area contributed by atoms with Gasteiger partial charge in [0.2, 0.25) is 0 Å². The third-order valence-electron chi connectivity index (χ3n) is 2.11. The molecular formula is C8H12ClN3. The van der Waals surface area contributed by atoms with Crippen molar-refractivity contribution in [2.75, 3.05) is 19.5 Å². The lowest BCUT2D eigenvalue weighted by atomic mass is 10.3. The number of anilines is 1. The van der Waals surface area contributed by atoms with Crippen LogP contribution in [0, 0.1) is 0 Å². The molecular weight excluding hydrogens is 174 g/mol. The maximum atomic E-state index is 3.24. The number of hydrogen-bond acceptors (Lipinski definition) is 2. The first-order chi connectivity index (χ1) is 5.29. The van der Waals surface area contributed by atoms with Crippen LogP contribution >= 0.6 is 0 Å². The molecule has 2 N–H and O–H groups in total. The molecule has 1 unspecified atom stereocenters. The molecule has 0 radical (unpaired) electrons. The van der Waals surface area contributed by atoms with Crippen LogP contribution in [0.2, 0.25) is 0 Å². The number of quaternary nitrogens is 1. The number of nitrogens with one attached hydrogen (secondary N) is 2. The average molecular weight is 186 g/mol. The van der Waals surface area contributed by atoms with Crippen LogP contribution in [0.3, 0.4) is 0 Å². The fourth-order valence-corrected chi connectivity index (χ4v) is 1.34. The lowest BCUT2D eigenvalue weighted by molar-refractivity contribution is -0.926. The summed E-state index contributed by atoms with van der Waals surface area (Å²) in [6.07, 6.45) is 0. The van der Waals surface area contributed by atoms with Gasteiger partial charge in [-0.05, 0) is 6.07 Å². The maximum Gasteiger partial charge on any atom is 0.176 e. The van der Waals surface area contributed by atoms with Crippen molar-refractivity contribution in [1.82, 2.24) is 5.12 Å². The third kappa shape index (κ3) is 1.27. The van der Waals surface area contributed by atoms with Crippen molar-refractivity contribution in [3.63, 3.8) is 0 Å². The van der Waals surface area contributed by atoms with E-state index < -0.39 is 0 Å². The van der Waals surface area contributed by atoms with Crippen LogP contribution in [0.15, 0.2) is 24.3 Å². The van der Waals surface area contributed by atoms with E-state index in [0.717, 1.165) is 0 Å². The highest BCUT2D eigenvalue weighted by molar-refractivity contribution is 5.61. The van der Waals surface area contributed by atoms with Gasteiger partial charge in [0.25, 0.3) is 0 Å². The molecule has 0 aromatic heterocycles. The lowest BCUT2D eigenvalue weighted by Gasteiger charge is -2.12. The van der Waals surface area contributed by atoms with Crippen molar-refractivity contribution in [2.45, 2.75) is 0 Å². The van der Waals surface area contributed by atoms with E-state index in [1.54, 1.807) is 0 Å². The van der Waals surface area contributed by atoms with Crippen LogP contribution in [0.5, 0.6) is 0 Å². The zero-order valence-electron chi connectivity index (χ0n) is 7.13. The van der Waals surface area contributed by atoms with Gasteiger partial charge in [0.1, 0.15) is 5.69 Å². The van der Waals surface area contributed by atoms with Crippen molar-refractivity contribution >= 4 is 11.4 Å². The van der Waals surface area contributed by atoms with Gasteiger partial charge in [0.15, 0.2) is 5.69 Å². The zero-order chi connectivity index (χ0) is 7.84. The second-order valence-corrected chi connectivity index (χ2v) is 2.80. The molecule has 0 fully saturated rings. The summed E-state index contributed by atoms with van der Waals surface area (Å²) >= 11 is 0. The largest absolute Gasteiger partial charge is 1.00 e. The third-order valence-corrected chi connectivity index (χ3v) is 2.11. The van der Waals surface area contributed by atoms with Gasteiger partial charge in [-0.25, -0.2) is 5.01 Å². The molecule has 3 nitrogen and oxygen atoms in total. The highest BCUT2D eigenvalue weighted by Gasteiger charge is 2.24. The topological polar surface area (TPSA) is 19.7 Å². The molecule has 12 heavy (non-hydrogen) atoms. The molecule has 0 saturated carbocycles. The van der Waals surface area contributed by atoms with Gasteiger partial charge in [-0.1, -0.05) is 17.3 Å². The van der Waals surface area contributed by atoms with Gasteiger partial charge in [0.05, 0.1) is 14.1 Å². The quantitative estimate of drug-likeness (QED) is 0.450. The van der Waals surface area contributed by atoms with Crippen LogP contribution in [-0.2, 0) is 0 Å². The van der Waals surface area contributed by atoms with Gasteiger partial charge in [0, 0.05) is 6.07 Å². The van der Waals surface area contributed by atoms with E-state index in [1.165, 1.54) is 16.4 Å². The maximum absolute atomic E-state index is 3.24. The molecule has 0 bridgehead atoms. The van der Waals surface area contributed by atoms with E-state index in [0.29, 0.717) is 0 Å². The fraction of sp³-hybridized carbons (Fsp3) is 0.250. The Morgan fingerprint density at radius 1 is 1.33 bits per heavy atom.